The summed E-state index contributed by atoms with van der Waals surface area (Å²) in [7, 11) is -4.06. The molecule has 0 saturated heterocycles. The minimum absolute atomic E-state index is 0.00244. The molecule has 7 nitrogen and oxygen atoms in total. The van der Waals surface area contributed by atoms with Gasteiger partial charge < -0.3 is 14.6 Å². The molecule has 0 atom stereocenters. The van der Waals surface area contributed by atoms with E-state index >= 15 is 0 Å². The maximum Gasteiger partial charge on any atom is 0.335 e. The van der Waals surface area contributed by atoms with Gasteiger partial charge in [0.15, 0.2) is 11.5 Å². The maximum absolute atomic E-state index is 13.8. The lowest BCUT2D eigenvalue weighted by Crippen LogP contribution is -2.14. The molecule has 2 aromatic carbocycles. The summed E-state index contributed by atoms with van der Waals surface area (Å²) in [6.45, 7) is -0.00244. The fraction of sp³-hybridized carbons (Fsp3) is 0.0714. The highest BCUT2D eigenvalue weighted by Crippen LogP contribution is 2.34. The summed E-state index contributed by atoms with van der Waals surface area (Å²) >= 11 is 0. The van der Waals surface area contributed by atoms with Crippen LogP contribution >= 0.6 is 0 Å². The van der Waals surface area contributed by atoms with Crippen molar-refractivity contribution in [1.29, 1.82) is 0 Å². The number of hydrogen-bond donors (Lipinski definition) is 2. The standard InChI is InChI=1S/C14H10FNO6S/c15-10-5-8(14(17)18)1-3-11(10)16-23(19,20)9-2-4-12-13(6-9)22-7-21-12/h1-6,16H,7H2,(H,17,18). The van der Waals surface area contributed by atoms with E-state index in [2.05, 4.69) is 4.72 Å². The highest BCUT2D eigenvalue weighted by molar-refractivity contribution is 7.92. The Labute approximate surface area is 130 Å². The number of carboxylic acids is 1. The van der Waals surface area contributed by atoms with Gasteiger partial charge in [-0.1, -0.05) is 0 Å². The van der Waals surface area contributed by atoms with Gasteiger partial charge in [0.2, 0.25) is 6.79 Å². The number of hydrogen-bond acceptors (Lipinski definition) is 5. The maximum atomic E-state index is 13.8. The molecule has 0 spiro atoms. The molecule has 0 fully saturated rings. The molecule has 1 aliphatic rings. The molecule has 0 amide bonds. The third-order valence-corrected chi connectivity index (χ3v) is 4.48. The normalized spacial score (nSPS) is 12.9. The van der Waals surface area contributed by atoms with E-state index in [4.69, 9.17) is 14.6 Å². The van der Waals surface area contributed by atoms with Crippen molar-refractivity contribution in [3.05, 3.63) is 47.8 Å². The summed E-state index contributed by atoms with van der Waals surface area (Å²) in [5.74, 6) is -1.61. The van der Waals surface area contributed by atoms with Gasteiger partial charge in [-0.25, -0.2) is 17.6 Å². The highest BCUT2D eigenvalue weighted by atomic mass is 32.2. The number of rotatable bonds is 4. The first kappa shape index (κ1) is 15.1. The number of halogens is 1. The quantitative estimate of drug-likeness (QED) is 0.884. The van der Waals surface area contributed by atoms with E-state index in [-0.39, 0.29) is 28.7 Å². The van der Waals surface area contributed by atoms with E-state index in [1.54, 1.807) is 0 Å². The van der Waals surface area contributed by atoms with Crippen LogP contribution in [0.4, 0.5) is 10.1 Å². The SMILES string of the molecule is O=C(O)c1ccc(NS(=O)(=O)c2ccc3c(c2)OCO3)c(F)c1. The highest BCUT2D eigenvalue weighted by Gasteiger charge is 2.21. The molecule has 3 rings (SSSR count). The molecule has 1 heterocycles. The van der Waals surface area contributed by atoms with E-state index < -0.39 is 21.8 Å². The van der Waals surface area contributed by atoms with Crippen molar-refractivity contribution >= 4 is 21.7 Å². The summed E-state index contributed by atoms with van der Waals surface area (Å²) in [4.78, 5) is 10.6. The summed E-state index contributed by atoms with van der Waals surface area (Å²) in [6.07, 6.45) is 0. The van der Waals surface area contributed by atoms with E-state index in [0.29, 0.717) is 5.75 Å². The number of carboxylic acid groups (broad SMARTS) is 1. The summed E-state index contributed by atoms with van der Waals surface area (Å²) in [6, 6.07) is 6.86. The Bertz CT molecular complexity index is 896. The van der Waals surface area contributed by atoms with E-state index in [1.807, 2.05) is 0 Å². The minimum Gasteiger partial charge on any atom is -0.478 e. The first-order valence-corrected chi connectivity index (χ1v) is 7.80. The Balaban J connectivity index is 1.91. The smallest absolute Gasteiger partial charge is 0.335 e. The fourth-order valence-corrected chi connectivity index (χ4v) is 3.06. The minimum atomic E-state index is -4.06. The molecule has 9 heteroatoms. The third-order valence-electron chi connectivity index (χ3n) is 3.11. The zero-order valence-electron chi connectivity index (χ0n) is 11.4. The van der Waals surface area contributed by atoms with Crippen LogP contribution in [-0.2, 0) is 10.0 Å². The molecule has 2 aromatic rings. The Morgan fingerprint density at radius 2 is 1.87 bits per heavy atom. The molecular formula is C14H10FNO6S. The monoisotopic (exact) mass is 339 g/mol. The van der Waals surface area contributed by atoms with Gasteiger partial charge in [0, 0.05) is 6.07 Å². The largest absolute Gasteiger partial charge is 0.478 e. The van der Waals surface area contributed by atoms with Crippen LogP contribution in [0.1, 0.15) is 10.4 Å². The Morgan fingerprint density at radius 3 is 2.57 bits per heavy atom. The summed E-state index contributed by atoms with van der Waals surface area (Å²) in [5, 5.41) is 8.77. The molecule has 0 aromatic heterocycles. The van der Waals surface area contributed by atoms with Crippen LogP contribution in [-0.4, -0.2) is 26.3 Å². The van der Waals surface area contributed by atoms with Gasteiger partial charge in [-0.3, -0.25) is 4.72 Å². The summed E-state index contributed by atoms with van der Waals surface area (Å²) in [5.41, 5.74) is -0.638. The lowest BCUT2D eigenvalue weighted by atomic mass is 10.2. The van der Waals surface area contributed by atoms with Crippen molar-refractivity contribution in [3.8, 4) is 11.5 Å². The molecule has 0 unspecified atom stereocenters. The van der Waals surface area contributed by atoms with Crippen molar-refractivity contribution in [3.63, 3.8) is 0 Å². The van der Waals surface area contributed by atoms with Crippen LogP contribution in [0.2, 0.25) is 0 Å². The number of benzene rings is 2. The van der Waals surface area contributed by atoms with Crippen LogP contribution in [0.25, 0.3) is 0 Å². The zero-order valence-corrected chi connectivity index (χ0v) is 12.3. The molecule has 0 saturated carbocycles. The molecular weight excluding hydrogens is 329 g/mol. The summed E-state index contributed by atoms with van der Waals surface area (Å²) < 4.78 is 50.7. The van der Waals surface area contributed by atoms with Crippen LogP contribution in [0.5, 0.6) is 11.5 Å². The van der Waals surface area contributed by atoms with Crippen molar-refractivity contribution in [1.82, 2.24) is 0 Å². The number of fused-ring (bicyclic) bond motifs is 1. The average Bonchev–Trinajstić information content (AvgIpc) is 2.96. The van der Waals surface area contributed by atoms with Gasteiger partial charge in [0.05, 0.1) is 16.1 Å². The molecule has 2 N–H and O–H groups in total. The molecule has 120 valence electrons. The van der Waals surface area contributed by atoms with Gasteiger partial charge >= 0.3 is 5.97 Å². The number of sulfonamides is 1. The first-order chi connectivity index (χ1) is 10.9. The van der Waals surface area contributed by atoms with Gasteiger partial charge in [0.25, 0.3) is 10.0 Å². The number of ether oxygens (including phenoxy) is 2. The van der Waals surface area contributed by atoms with Crippen molar-refractivity contribution in [2.24, 2.45) is 0 Å². The van der Waals surface area contributed by atoms with Crippen LogP contribution in [0.15, 0.2) is 41.3 Å². The van der Waals surface area contributed by atoms with Crippen molar-refractivity contribution < 1.29 is 32.2 Å². The van der Waals surface area contributed by atoms with E-state index in [1.165, 1.54) is 18.2 Å². The molecule has 23 heavy (non-hydrogen) atoms. The van der Waals surface area contributed by atoms with Crippen LogP contribution in [0.3, 0.4) is 0 Å². The van der Waals surface area contributed by atoms with Gasteiger partial charge in [-0.05, 0) is 30.3 Å². The van der Waals surface area contributed by atoms with E-state index in [0.717, 1.165) is 18.2 Å². The second kappa shape index (κ2) is 5.43. The fourth-order valence-electron chi connectivity index (χ4n) is 1.98. The third kappa shape index (κ3) is 2.90. The predicted molar refractivity (Wildman–Crippen MR) is 76.7 cm³/mol. The molecule has 0 aliphatic carbocycles. The Morgan fingerprint density at radius 1 is 1.13 bits per heavy atom. The lowest BCUT2D eigenvalue weighted by Gasteiger charge is -2.10. The zero-order chi connectivity index (χ0) is 16.6. The van der Waals surface area contributed by atoms with E-state index in [9.17, 15) is 17.6 Å². The van der Waals surface area contributed by atoms with Gasteiger partial charge in [0.1, 0.15) is 5.82 Å². The Hall–Kier alpha value is -2.81. The second-order valence-corrected chi connectivity index (χ2v) is 6.30. The Kier molecular flexibility index (Phi) is 3.57. The lowest BCUT2D eigenvalue weighted by molar-refractivity contribution is 0.0696. The molecule has 0 radical (unpaired) electrons. The van der Waals surface area contributed by atoms with Crippen LogP contribution in [0, 0.1) is 5.82 Å². The number of aromatic carboxylic acids is 1. The number of anilines is 1. The first-order valence-electron chi connectivity index (χ1n) is 6.32. The molecule has 1 aliphatic heterocycles. The number of carbonyl (C=O) groups is 1. The second-order valence-electron chi connectivity index (χ2n) is 4.62. The van der Waals surface area contributed by atoms with Crippen LogP contribution < -0.4 is 14.2 Å². The van der Waals surface area contributed by atoms with Crippen molar-refractivity contribution in [2.45, 2.75) is 4.90 Å². The van der Waals surface area contributed by atoms with Gasteiger partial charge in [-0.2, -0.15) is 0 Å². The van der Waals surface area contributed by atoms with Crippen molar-refractivity contribution in [2.75, 3.05) is 11.5 Å². The number of nitrogens with one attached hydrogen (secondary N) is 1. The topological polar surface area (TPSA) is 102 Å². The average molecular weight is 339 g/mol. The van der Waals surface area contributed by atoms with Gasteiger partial charge in [-0.15, -0.1) is 0 Å². The predicted octanol–water partition coefficient (Wildman–Crippen LogP) is 2.05. The molecule has 0 bridgehead atoms.